The number of hydrogen-bond acceptors (Lipinski definition) is 4. The number of piperazine rings is 1. The van der Waals surface area contributed by atoms with Gasteiger partial charge in [-0.1, -0.05) is 19.1 Å². The van der Waals surface area contributed by atoms with E-state index in [1.165, 1.54) is 12.5 Å². The molecule has 4 heteroatoms. The molecule has 0 radical (unpaired) electrons. The molecule has 1 atom stereocenters. The number of ether oxygens (including phenoxy) is 1. The van der Waals surface area contributed by atoms with E-state index in [-0.39, 0.29) is 5.97 Å². The minimum atomic E-state index is -0.271. The quantitative estimate of drug-likeness (QED) is 0.665. The number of benzene rings is 1. The number of esters is 1. The van der Waals surface area contributed by atoms with Crippen molar-refractivity contribution in [2.24, 2.45) is 0 Å². The van der Waals surface area contributed by atoms with Crippen LogP contribution in [0.5, 0.6) is 5.75 Å². The van der Waals surface area contributed by atoms with Gasteiger partial charge < -0.3 is 10.1 Å². The molecule has 4 nitrogen and oxygen atoms in total. The second-order valence-corrected chi connectivity index (χ2v) is 4.88. The van der Waals surface area contributed by atoms with E-state index in [9.17, 15) is 4.79 Å². The summed E-state index contributed by atoms with van der Waals surface area (Å²) in [7, 11) is 0. The molecular weight excluding hydrogens is 240 g/mol. The second kappa shape index (κ2) is 6.68. The molecule has 0 spiro atoms. The molecule has 1 heterocycles. The lowest BCUT2D eigenvalue weighted by Gasteiger charge is -2.34. The first kappa shape index (κ1) is 14.0. The van der Waals surface area contributed by atoms with Crippen LogP contribution in [0.2, 0.25) is 0 Å². The van der Waals surface area contributed by atoms with E-state index in [2.05, 4.69) is 23.2 Å². The average molecular weight is 262 g/mol. The molecule has 0 saturated carbocycles. The Morgan fingerprint density at radius 1 is 1.42 bits per heavy atom. The van der Waals surface area contributed by atoms with Crippen molar-refractivity contribution in [3.63, 3.8) is 0 Å². The average Bonchev–Trinajstić information content (AvgIpc) is 2.40. The molecule has 0 bridgehead atoms. The Morgan fingerprint density at radius 3 is 2.79 bits per heavy atom. The maximum absolute atomic E-state index is 11.0. The molecule has 0 aromatic heterocycles. The minimum absolute atomic E-state index is 0.271. The first-order chi connectivity index (χ1) is 9.20. The number of nitrogens with zero attached hydrogens (tertiary/aromatic N) is 1. The fraction of sp³-hybridized carbons (Fsp3) is 0.533. The maximum atomic E-state index is 11.0. The molecule has 0 amide bonds. The molecule has 0 unspecified atom stereocenters. The van der Waals surface area contributed by atoms with Crippen molar-refractivity contribution in [2.75, 3.05) is 26.2 Å². The van der Waals surface area contributed by atoms with Crippen molar-refractivity contribution in [1.29, 1.82) is 0 Å². The molecule has 2 rings (SSSR count). The lowest BCUT2D eigenvalue weighted by Crippen LogP contribution is -2.45. The molecule has 0 aliphatic carbocycles. The first-order valence-corrected chi connectivity index (χ1v) is 6.94. The maximum Gasteiger partial charge on any atom is 0.308 e. The van der Waals surface area contributed by atoms with Crippen molar-refractivity contribution < 1.29 is 9.53 Å². The zero-order valence-corrected chi connectivity index (χ0v) is 11.7. The standard InChI is InChI=1S/C15H22N2O2/c1-3-15(17-9-7-16-8-10-17)13-5-4-6-14(11-13)19-12(2)18/h4-6,11,15-16H,3,7-10H2,1-2H3/t15-/m0/s1. The first-order valence-electron chi connectivity index (χ1n) is 6.94. The van der Waals surface area contributed by atoms with Gasteiger partial charge in [-0.2, -0.15) is 0 Å². The van der Waals surface area contributed by atoms with E-state index in [1.807, 2.05) is 18.2 Å². The highest BCUT2D eigenvalue weighted by atomic mass is 16.5. The Morgan fingerprint density at radius 2 is 2.16 bits per heavy atom. The predicted molar refractivity (Wildman–Crippen MR) is 75.2 cm³/mol. The van der Waals surface area contributed by atoms with Crippen LogP contribution in [0.25, 0.3) is 0 Å². The molecule has 1 aromatic rings. The van der Waals surface area contributed by atoms with Gasteiger partial charge in [0.25, 0.3) is 0 Å². The van der Waals surface area contributed by atoms with Gasteiger partial charge in [0, 0.05) is 39.1 Å². The van der Waals surface area contributed by atoms with Gasteiger partial charge >= 0.3 is 5.97 Å². The number of carbonyl (C=O) groups is 1. The summed E-state index contributed by atoms with van der Waals surface area (Å²) in [4.78, 5) is 13.5. The van der Waals surface area contributed by atoms with Crippen molar-refractivity contribution in [1.82, 2.24) is 10.2 Å². The van der Waals surface area contributed by atoms with Crippen LogP contribution in [0.4, 0.5) is 0 Å². The summed E-state index contributed by atoms with van der Waals surface area (Å²) in [6.07, 6.45) is 1.06. The van der Waals surface area contributed by atoms with Gasteiger partial charge in [0.2, 0.25) is 0 Å². The molecule has 1 aliphatic heterocycles. The van der Waals surface area contributed by atoms with E-state index >= 15 is 0 Å². The third-order valence-corrected chi connectivity index (χ3v) is 3.48. The van der Waals surface area contributed by atoms with Crippen LogP contribution < -0.4 is 10.1 Å². The van der Waals surface area contributed by atoms with Crippen LogP contribution in [-0.4, -0.2) is 37.0 Å². The van der Waals surface area contributed by atoms with Gasteiger partial charge in [-0.15, -0.1) is 0 Å². The summed E-state index contributed by atoms with van der Waals surface area (Å²) in [6, 6.07) is 8.28. The number of rotatable bonds is 4. The monoisotopic (exact) mass is 262 g/mol. The van der Waals surface area contributed by atoms with Crippen LogP contribution in [0, 0.1) is 0 Å². The molecule has 104 valence electrons. The highest BCUT2D eigenvalue weighted by Gasteiger charge is 2.20. The van der Waals surface area contributed by atoms with Crippen LogP contribution >= 0.6 is 0 Å². The lowest BCUT2D eigenvalue weighted by atomic mass is 10.0. The highest BCUT2D eigenvalue weighted by Crippen LogP contribution is 2.27. The number of carbonyl (C=O) groups excluding carboxylic acids is 1. The zero-order chi connectivity index (χ0) is 13.7. The zero-order valence-electron chi connectivity index (χ0n) is 11.7. The van der Waals surface area contributed by atoms with Gasteiger partial charge in [-0.05, 0) is 24.1 Å². The fourth-order valence-electron chi connectivity index (χ4n) is 2.65. The van der Waals surface area contributed by atoms with E-state index < -0.39 is 0 Å². The van der Waals surface area contributed by atoms with Crippen LogP contribution in [0.1, 0.15) is 31.9 Å². The second-order valence-electron chi connectivity index (χ2n) is 4.88. The van der Waals surface area contributed by atoms with Gasteiger partial charge in [0.1, 0.15) is 5.75 Å². The molecule has 1 aromatic carbocycles. The van der Waals surface area contributed by atoms with Crippen molar-refractivity contribution in [3.05, 3.63) is 29.8 Å². The summed E-state index contributed by atoms with van der Waals surface area (Å²) < 4.78 is 5.17. The minimum Gasteiger partial charge on any atom is -0.427 e. The molecule has 1 saturated heterocycles. The van der Waals surface area contributed by atoms with Gasteiger partial charge in [-0.3, -0.25) is 9.69 Å². The topological polar surface area (TPSA) is 41.6 Å². The lowest BCUT2D eigenvalue weighted by molar-refractivity contribution is -0.131. The Bertz CT molecular complexity index is 428. The van der Waals surface area contributed by atoms with E-state index in [0.29, 0.717) is 11.8 Å². The van der Waals surface area contributed by atoms with Crippen LogP contribution in [0.3, 0.4) is 0 Å². The van der Waals surface area contributed by atoms with Crippen LogP contribution in [0.15, 0.2) is 24.3 Å². The highest BCUT2D eigenvalue weighted by molar-refractivity contribution is 5.69. The van der Waals surface area contributed by atoms with Crippen molar-refractivity contribution in [2.45, 2.75) is 26.3 Å². The summed E-state index contributed by atoms with van der Waals surface area (Å²) in [5, 5.41) is 3.37. The van der Waals surface area contributed by atoms with E-state index in [0.717, 1.165) is 32.6 Å². The number of nitrogens with one attached hydrogen (secondary N) is 1. The predicted octanol–water partition coefficient (Wildman–Crippen LogP) is 1.97. The molecular formula is C15H22N2O2. The third-order valence-electron chi connectivity index (χ3n) is 3.48. The Kier molecular flexibility index (Phi) is 4.93. The summed E-state index contributed by atoms with van der Waals surface area (Å²) in [5.41, 5.74) is 1.23. The SMILES string of the molecule is CC[C@@H](c1cccc(OC(C)=O)c1)N1CCNCC1. The van der Waals surface area contributed by atoms with E-state index in [4.69, 9.17) is 4.74 Å². The summed E-state index contributed by atoms with van der Waals surface area (Å²) in [5.74, 6) is 0.367. The molecule has 1 N–H and O–H groups in total. The summed E-state index contributed by atoms with van der Waals surface area (Å²) >= 11 is 0. The van der Waals surface area contributed by atoms with Crippen LogP contribution in [-0.2, 0) is 4.79 Å². The van der Waals surface area contributed by atoms with Gasteiger partial charge in [0.05, 0.1) is 0 Å². The van der Waals surface area contributed by atoms with Crippen molar-refractivity contribution >= 4 is 5.97 Å². The Labute approximate surface area is 114 Å². The van der Waals surface area contributed by atoms with E-state index in [1.54, 1.807) is 0 Å². The Balaban J connectivity index is 2.15. The number of hydrogen-bond donors (Lipinski definition) is 1. The summed E-state index contributed by atoms with van der Waals surface area (Å²) in [6.45, 7) is 7.85. The van der Waals surface area contributed by atoms with Gasteiger partial charge in [-0.25, -0.2) is 0 Å². The third kappa shape index (κ3) is 3.78. The largest absolute Gasteiger partial charge is 0.427 e. The Hall–Kier alpha value is -1.39. The van der Waals surface area contributed by atoms with Gasteiger partial charge in [0.15, 0.2) is 0 Å². The molecule has 1 fully saturated rings. The molecule has 1 aliphatic rings. The van der Waals surface area contributed by atoms with Crippen molar-refractivity contribution in [3.8, 4) is 5.75 Å². The molecule has 19 heavy (non-hydrogen) atoms. The fourth-order valence-corrected chi connectivity index (χ4v) is 2.65. The smallest absolute Gasteiger partial charge is 0.308 e. The normalized spacial score (nSPS) is 18.0.